The highest BCUT2D eigenvalue weighted by molar-refractivity contribution is 5.79. The van der Waals surface area contributed by atoms with Crippen molar-refractivity contribution in [3.63, 3.8) is 0 Å². The summed E-state index contributed by atoms with van der Waals surface area (Å²) >= 11 is 0. The van der Waals surface area contributed by atoms with Gasteiger partial charge in [0.2, 0.25) is 5.91 Å². The second-order valence-electron chi connectivity index (χ2n) is 4.37. The number of carbonyl (C=O) groups excluding carboxylic acids is 1. The van der Waals surface area contributed by atoms with E-state index in [2.05, 4.69) is 13.8 Å². The maximum atomic E-state index is 11.8. The van der Waals surface area contributed by atoms with Gasteiger partial charge in [0.05, 0.1) is 0 Å². The highest BCUT2D eigenvalue weighted by atomic mass is 16.2. The van der Waals surface area contributed by atoms with E-state index in [4.69, 9.17) is 5.73 Å². The maximum Gasteiger partial charge on any atom is 0.225 e. The molecule has 0 aromatic heterocycles. The van der Waals surface area contributed by atoms with Crippen molar-refractivity contribution in [1.82, 2.24) is 4.90 Å². The minimum Gasteiger partial charge on any atom is -0.341 e. The maximum absolute atomic E-state index is 11.8. The summed E-state index contributed by atoms with van der Waals surface area (Å²) in [6.45, 7) is 7.75. The largest absolute Gasteiger partial charge is 0.341 e. The molecule has 1 amide bonds. The van der Waals surface area contributed by atoms with Crippen molar-refractivity contribution in [1.29, 1.82) is 0 Å². The molecule has 0 spiro atoms. The Kier molecular flexibility index (Phi) is 3.31. The Labute approximate surface area is 80.3 Å². The highest BCUT2D eigenvalue weighted by Crippen LogP contribution is 2.16. The molecule has 1 aliphatic rings. The van der Waals surface area contributed by atoms with E-state index in [1.165, 1.54) is 0 Å². The Bertz CT molecular complexity index is 191. The van der Waals surface area contributed by atoms with Crippen LogP contribution in [-0.2, 0) is 4.79 Å². The zero-order chi connectivity index (χ0) is 10.0. The first kappa shape index (κ1) is 10.5. The van der Waals surface area contributed by atoms with E-state index in [1.54, 1.807) is 0 Å². The second-order valence-corrected chi connectivity index (χ2v) is 4.37. The lowest BCUT2D eigenvalue weighted by Gasteiger charge is -2.22. The first-order chi connectivity index (χ1) is 6.02. The quantitative estimate of drug-likeness (QED) is 0.691. The van der Waals surface area contributed by atoms with Crippen molar-refractivity contribution in [3.8, 4) is 0 Å². The normalized spacial score (nSPS) is 25.3. The monoisotopic (exact) mass is 184 g/mol. The third-order valence-electron chi connectivity index (χ3n) is 2.93. The Morgan fingerprint density at radius 2 is 2.08 bits per heavy atom. The summed E-state index contributed by atoms with van der Waals surface area (Å²) in [4.78, 5) is 13.7. The molecule has 3 nitrogen and oxygen atoms in total. The molecule has 2 unspecified atom stereocenters. The van der Waals surface area contributed by atoms with Crippen LogP contribution in [0.15, 0.2) is 0 Å². The summed E-state index contributed by atoms with van der Waals surface area (Å²) in [6, 6.07) is 0.198. The van der Waals surface area contributed by atoms with Gasteiger partial charge in [0.15, 0.2) is 0 Å². The first-order valence-electron chi connectivity index (χ1n) is 5.06. The van der Waals surface area contributed by atoms with E-state index in [-0.39, 0.29) is 17.9 Å². The van der Waals surface area contributed by atoms with E-state index >= 15 is 0 Å². The van der Waals surface area contributed by atoms with Crippen molar-refractivity contribution in [2.24, 2.45) is 17.6 Å². The number of rotatable bonds is 2. The molecule has 3 heteroatoms. The summed E-state index contributed by atoms with van der Waals surface area (Å²) in [5.41, 5.74) is 5.75. The van der Waals surface area contributed by atoms with Gasteiger partial charge in [0.25, 0.3) is 0 Å². The second kappa shape index (κ2) is 4.09. The molecule has 13 heavy (non-hydrogen) atoms. The molecule has 1 fully saturated rings. The summed E-state index contributed by atoms with van der Waals surface area (Å²) in [7, 11) is 0. The highest BCUT2D eigenvalue weighted by Gasteiger charge is 2.28. The van der Waals surface area contributed by atoms with Gasteiger partial charge < -0.3 is 10.6 Å². The minimum absolute atomic E-state index is 0.130. The number of carbonyl (C=O) groups is 1. The molecule has 0 radical (unpaired) electrons. The van der Waals surface area contributed by atoms with Gasteiger partial charge in [-0.25, -0.2) is 0 Å². The number of nitrogens with zero attached hydrogens (tertiary/aromatic N) is 1. The summed E-state index contributed by atoms with van der Waals surface area (Å²) in [5.74, 6) is 0.817. The number of nitrogens with two attached hydrogens (primary N) is 1. The lowest BCUT2D eigenvalue weighted by Crippen LogP contribution is -2.37. The molecule has 2 atom stereocenters. The first-order valence-corrected chi connectivity index (χ1v) is 5.06. The fourth-order valence-corrected chi connectivity index (χ4v) is 1.56. The number of likely N-dealkylation sites (tertiary alicyclic amines) is 1. The molecule has 2 N–H and O–H groups in total. The van der Waals surface area contributed by atoms with Crippen LogP contribution in [0.1, 0.15) is 27.2 Å². The van der Waals surface area contributed by atoms with E-state index in [1.807, 2.05) is 11.8 Å². The van der Waals surface area contributed by atoms with Gasteiger partial charge >= 0.3 is 0 Å². The van der Waals surface area contributed by atoms with Crippen molar-refractivity contribution >= 4 is 5.91 Å². The van der Waals surface area contributed by atoms with Crippen molar-refractivity contribution in [3.05, 3.63) is 0 Å². The van der Waals surface area contributed by atoms with Crippen LogP contribution < -0.4 is 5.73 Å². The Hall–Kier alpha value is -0.570. The fourth-order valence-electron chi connectivity index (χ4n) is 1.56. The van der Waals surface area contributed by atoms with Crippen LogP contribution in [0, 0.1) is 11.8 Å². The smallest absolute Gasteiger partial charge is 0.225 e. The van der Waals surface area contributed by atoms with E-state index in [0.717, 1.165) is 19.5 Å². The molecular formula is C10H20N2O. The Balaban J connectivity index is 2.48. The molecule has 0 aromatic carbocycles. The topological polar surface area (TPSA) is 46.3 Å². The van der Waals surface area contributed by atoms with Gasteiger partial charge in [-0.3, -0.25) is 4.79 Å². The molecule has 0 bridgehead atoms. The van der Waals surface area contributed by atoms with Crippen LogP contribution >= 0.6 is 0 Å². The van der Waals surface area contributed by atoms with Crippen LogP contribution in [0.25, 0.3) is 0 Å². The summed E-state index contributed by atoms with van der Waals surface area (Å²) in [5, 5.41) is 0. The van der Waals surface area contributed by atoms with Crippen LogP contribution in [0.3, 0.4) is 0 Å². The summed E-state index contributed by atoms with van der Waals surface area (Å²) < 4.78 is 0. The van der Waals surface area contributed by atoms with Crippen LogP contribution in [0.5, 0.6) is 0 Å². The predicted molar refractivity (Wildman–Crippen MR) is 53.2 cm³/mol. The van der Waals surface area contributed by atoms with Crippen molar-refractivity contribution in [2.75, 3.05) is 13.1 Å². The van der Waals surface area contributed by atoms with E-state index in [0.29, 0.717) is 5.92 Å². The number of hydrogen-bond donors (Lipinski definition) is 1. The molecule has 0 aromatic rings. The molecule has 1 heterocycles. The third kappa shape index (κ3) is 2.44. The fraction of sp³-hybridized carbons (Fsp3) is 0.900. The molecule has 0 saturated carbocycles. The Morgan fingerprint density at radius 1 is 1.46 bits per heavy atom. The van der Waals surface area contributed by atoms with Crippen LogP contribution in [0.4, 0.5) is 0 Å². The van der Waals surface area contributed by atoms with Gasteiger partial charge in [-0.15, -0.1) is 0 Å². The van der Waals surface area contributed by atoms with Crippen LogP contribution in [-0.4, -0.2) is 29.9 Å². The zero-order valence-electron chi connectivity index (χ0n) is 8.79. The third-order valence-corrected chi connectivity index (χ3v) is 2.93. The molecular weight excluding hydrogens is 164 g/mol. The molecule has 1 saturated heterocycles. The van der Waals surface area contributed by atoms with E-state index in [9.17, 15) is 4.79 Å². The van der Waals surface area contributed by atoms with Gasteiger partial charge in [-0.1, -0.05) is 20.8 Å². The van der Waals surface area contributed by atoms with Crippen molar-refractivity contribution < 1.29 is 4.79 Å². The predicted octanol–water partition coefficient (Wildman–Crippen LogP) is 0.838. The minimum atomic E-state index is 0.130. The number of amides is 1. The molecule has 0 aliphatic carbocycles. The average Bonchev–Trinajstić information content (AvgIpc) is 2.49. The average molecular weight is 184 g/mol. The Morgan fingerprint density at radius 3 is 2.46 bits per heavy atom. The molecule has 1 aliphatic heterocycles. The van der Waals surface area contributed by atoms with Crippen LogP contribution in [0.2, 0.25) is 0 Å². The van der Waals surface area contributed by atoms with E-state index < -0.39 is 0 Å². The standard InChI is InChI=1S/C10H20N2O/c1-7(2)8(3)10(13)12-5-4-9(11)6-12/h7-9H,4-6,11H2,1-3H3. The van der Waals surface area contributed by atoms with Gasteiger partial charge in [-0.05, 0) is 12.3 Å². The molecule has 1 rings (SSSR count). The molecule has 76 valence electrons. The van der Waals surface area contributed by atoms with Gasteiger partial charge in [-0.2, -0.15) is 0 Å². The SMILES string of the molecule is CC(C)C(C)C(=O)N1CCC(N)C1. The summed E-state index contributed by atoms with van der Waals surface area (Å²) in [6.07, 6.45) is 0.955. The zero-order valence-corrected chi connectivity index (χ0v) is 8.79. The van der Waals surface area contributed by atoms with Crippen molar-refractivity contribution in [2.45, 2.75) is 33.2 Å². The lowest BCUT2D eigenvalue weighted by atomic mass is 9.97. The van der Waals surface area contributed by atoms with Gasteiger partial charge in [0, 0.05) is 25.0 Å². The number of hydrogen-bond acceptors (Lipinski definition) is 2. The lowest BCUT2D eigenvalue weighted by molar-refractivity contribution is -0.135. The van der Waals surface area contributed by atoms with Gasteiger partial charge in [0.1, 0.15) is 0 Å².